The number of likely N-dealkylation sites (tertiary alicyclic amines) is 1. The molecule has 5 rings (SSSR count). The fourth-order valence-corrected chi connectivity index (χ4v) is 4.19. The Morgan fingerprint density at radius 1 is 1.17 bits per heavy atom. The molecule has 1 saturated heterocycles. The highest BCUT2D eigenvalue weighted by atomic mass is 16.5. The second-order valence-electron chi connectivity index (χ2n) is 8.40. The maximum absolute atomic E-state index is 12.5. The average Bonchev–Trinajstić information content (AvgIpc) is 3.18. The van der Waals surface area contributed by atoms with Crippen molar-refractivity contribution < 1.29 is 4.52 Å². The van der Waals surface area contributed by atoms with Crippen LogP contribution in [0.25, 0.3) is 11.3 Å². The molecule has 0 unspecified atom stereocenters. The summed E-state index contributed by atoms with van der Waals surface area (Å²) in [5.41, 5.74) is 1.51. The number of pyridine rings is 1. The minimum absolute atomic E-state index is 0.0124. The summed E-state index contributed by atoms with van der Waals surface area (Å²) in [5.74, 6) is 2.56. The molecule has 4 heterocycles. The number of rotatable bonds is 6. The lowest BCUT2D eigenvalue weighted by Gasteiger charge is -2.31. The lowest BCUT2D eigenvalue weighted by Crippen LogP contribution is -2.36. The molecule has 0 N–H and O–H groups in total. The van der Waals surface area contributed by atoms with E-state index in [0.717, 1.165) is 49.8 Å². The first-order valence-corrected chi connectivity index (χ1v) is 10.8. The molecule has 0 atom stereocenters. The Hall–Kier alpha value is -2.87. The van der Waals surface area contributed by atoms with Crippen molar-refractivity contribution in [2.24, 2.45) is 5.92 Å². The summed E-state index contributed by atoms with van der Waals surface area (Å²) in [6.07, 6.45) is 10.8. The molecule has 3 aromatic rings. The Morgan fingerprint density at radius 3 is 2.73 bits per heavy atom. The van der Waals surface area contributed by atoms with Gasteiger partial charge in [-0.2, -0.15) is 4.98 Å². The van der Waals surface area contributed by atoms with Gasteiger partial charge in [0.05, 0.1) is 18.6 Å². The van der Waals surface area contributed by atoms with Gasteiger partial charge in [-0.15, -0.1) is 0 Å². The first-order chi connectivity index (χ1) is 14.7. The van der Waals surface area contributed by atoms with Crippen molar-refractivity contribution in [2.45, 2.75) is 51.1 Å². The van der Waals surface area contributed by atoms with E-state index in [1.54, 1.807) is 29.4 Å². The van der Waals surface area contributed by atoms with E-state index < -0.39 is 0 Å². The molecule has 0 radical (unpaired) electrons. The predicted molar refractivity (Wildman–Crippen MR) is 111 cm³/mol. The average molecular weight is 406 g/mol. The molecule has 8 nitrogen and oxygen atoms in total. The lowest BCUT2D eigenvalue weighted by atomic mass is 9.85. The first-order valence-electron chi connectivity index (χ1n) is 10.8. The molecule has 2 fully saturated rings. The zero-order chi connectivity index (χ0) is 20.3. The smallest absolute Gasteiger partial charge is 0.253 e. The number of hydrogen-bond acceptors (Lipinski definition) is 7. The maximum atomic E-state index is 12.5. The molecule has 1 aliphatic heterocycles. The Balaban J connectivity index is 1.14. The monoisotopic (exact) mass is 406 g/mol. The normalized spacial score (nSPS) is 18.4. The summed E-state index contributed by atoms with van der Waals surface area (Å²) in [4.78, 5) is 28.1. The van der Waals surface area contributed by atoms with E-state index in [4.69, 9.17) is 4.52 Å². The summed E-state index contributed by atoms with van der Waals surface area (Å²) >= 11 is 0. The highest BCUT2D eigenvalue weighted by molar-refractivity contribution is 5.56. The molecule has 8 heteroatoms. The van der Waals surface area contributed by atoms with Crippen molar-refractivity contribution in [3.8, 4) is 11.3 Å². The van der Waals surface area contributed by atoms with Crippen LogP contribution in [0.1, 0.15) is 49.7 Å². The van der Waals surface area contributed by atoms with Gasteiger partial charge in [0.1, 0.15) is 0 Å². The van der Waals surface area contributed by atoms with Gasteiger partial charge in [-0.1, -0.05) is 11.6 Å². The summed E-state index contributed by atoms with van der Waals surface area (Å²) in [6, 6.07) is 5.36. The molecule has 0 amide bonds. The van der Waals surface area contributed by atoms with Crippen LogP contribution < -0.4 is 5.56 Å². The SMILES string of the molecule is O=c1cc(-c2cccnc2)ncn1CC1CCN(Cc2noc(C3CCC3)n2)CC1. The van der Waals surface area contributed by atoms with Gasteiger partial charge in [0.15, 0.2) is 5.82 Å². The lowest BCUT2D eigenvalue weighted by molar-refractivity contribution is 0.161. The van der Waals surface area contributed by atoms with Crippen molar-refractivity contribution in [1.29, 1.82) is 0 Å². The Labute approximate surface area is 175 Å². The van der Waals surface area contributed by atoms with Gasteiger partial charge in [-0.25, -0.2) is 4.98 Å². The molecule has 30 heavy (non-hydrogen) atoms. The van der Waals surface area contributed by atoms with Crippen LogP contribution in [0, 0.1) is 5.92 Å². The third kappa shape index (κ3) is 4.18. The van der Waals surface area contributed by atoms with Crippen LogP contribution in [-0.2, 0) is 13.1 Å². The Morgan fingerprint density at radius 2 is 2.03 bits per heavy atom. The molecule has 0 bridgehead atoms. The minimum Gasteiger partial charge on any atom is -0.339 e. The van der Waals surface area contributed by atoms with Crippen LogP contribution in [0.5, 0.6) is 0 Å². The zero-order valence-corrected chi connectivity index (χ0v) is 17.0. The second kappa shape index (κ2) is 8.47. The molecule has 156 valence electrons. The van der Waals surface area contributed by atoms with Gasteiger partial charge in [-0.05, 0) is 56.8 Å². The molecular formula is C22H26N6O2. The predicted octanol–water partition coefficient (Wildman–Crippen LogP) is 2.87. The van der Waals surface area contributed by atoms with Gasteiger partial charge in [-0.3, -0.25) is 19.2 Å². The van der Waals surface area contributed by atoms with Crippen LogP contribution >= 0.6 is 0 Å². The summed E-state index contributed by atoms with van der Waals surface area (Å²) in [7, 11) is 0. The zero-order valence-electron chi connectivity index (χ0n) is 17.0. The summed E-state index contributed by atoms with van der Waals surface area (Å²) in [6.45, 7) is 3.41. The fourth-order valence-electron chi connectivity index (χ4n) is 4.19. The summed E-state index contributed by atoms with van der Waals surface area (Å²) < 4.78 is 7.15. The molecule has 2 aliphatic rings. The topological polar surface area (TPSA) is 89.9 Å². The van der Waals surface area contributed by atoms with E-state index in [-0.39, 0.29) is 5.56 Å². The molecule has 0 aromatic carbocycles. The van der Waals surface area contributed by atoms with E-state index in [0.29, 0.717) is 24.1 Å². The van der Waals surface area contributed by atoms with E-state index in [9.17, 15) is 4.79 Å². The van der Waals surface area contributed by atoms with Gasteiger partial charge in [0, 0.05) is 36.5 Å². The van der Waals surface area contributed by atoms with Crippen molar-refractivity contribution in [1.82, 2.24) is 29.6 Å². The largest absolute Gasteiger partial charge is 0.339 e. The van der Waals surface area contributed by atoms with Crippen molar-refractivity contribution >= 4 is 0 Å². The number of nitrogens with zero attached hydrogens (tertiary/aromatic N) is 6. The molecular weight excluding hydrogens is 380 g/mol. The first kappa shape index (κ1) is 19.1. The number of aromatic nitrogens is 5. The van der Waals surface area contributed by atoms with Crippen LogP contribution in [0.4, 0.5) is 0 Å². The third-order valence-corrected chi connectivity index (χ3v) is 6.30. The Bertz CT molecular complexity index is 1040. The van der Waals surface area contributed by atoms with E-state index in [2.05, 4.69) is 25.0 Å². The number of piperidine rings is 1. The third-order valence-electron chi connectivity index (χ3n) is 6.30. The van der Waals surface area contributed by atoms with Crippen molar-refractivity contribution in [3.05, 3.63) is 59.0 Å². The quantitative estimate of drug-likeness (QED) is 0.622. The van der Waals surface area contributed by atoms with Gasteiger partial charge in [0.25, 0.3) is 5.56 Å². The standard InChI is InChI=1S/C22H26N6O2/c29-21-11-19(18-5-2-8-23-12-18)24-15-28(21)13-16-6-9-27(10-7-16)14-20-25-22(30-26-20)17-3-1-4-17/h2,5,8,11-12,15-17H,1,3-4,6-7,9-10,13-14H2. The second-order valence-corrected chi connectivity index (χ2v) is 8.40. The molecule has 0 spiro atoms. The molecule has 3 aromatic heterocycles. The number of hydrogen-bond donors (Lipinski definition) is 0. The summed E-state index contributed by atoms with van der Waals surface area (Å²) in [5, 5.41) is 4.16. The van der Waals surface area contributed by atoms with Crippen molar-refractivity contribution in [3.63, 3.8) is 0 Å². The van der Waals surface area contributed by atoms with Gasteiger partial charge < -0.3 is 4.52 Å². The maximum Gasteiger partial charge on any atom is 0.253 e. The minimum atomic E-state index is -0.0124. The Kier molecular flexibility index (Phi) is 5.40. The van der Waals surface area contributed by atoms with Gasteiger partial charge >= 0.3 is 0 Å². The van der Waals surface area contributed by atoms with Crippen LogP contribution in [0.3, 0.4) is 0 Å². The highest BCUT2D eigenvalue weighted by Gasteiger charge is 2.26. The van der Waals surface area contributed by atoms with Crippen LogP contribution in [-0.4, -0.2) is 42.7 Å². The molecule has 1 aliphatic carbocycles. The molecule has 1 saturated carbocycles. The van der Waals surface area contributed by atoms with Crippen LogP contribution in [0.15, 0.2) is 46.2 Å². The fraction of sp³-hybridized carbons (Fsp3) is 0.500. The van der Waals surface area contributed by atoms with Gasteiger partial charge in [0.2, 0.25) is 5.89 Å². The van der Waals surface area contributed by atoms with Crippen molar-refractivity contribution in [2.75, 3.05) is 13.1 Å². The van der Waals surface area contributed by atoms with E-state index in [1.807, 2.05) is 12.1 Å². The highest BCUT2D eigenvalue weighted by Crippen LogP contribution is 2.35. The van der Waals surface area contributed by atoms with E-state index >= 15 is 0 Å². The van der Waals surface area contributed by atoms with Crippen LogP contribution in [0.2, 0.25) is 0 Å². The van der Waals surface area contributed by atoms with E-state index in [1.165, 1.54) is 19.3 Å².